The molecule has 12 nitrogen and oxygen atoms in total. The van der Waals surface area contributed by atoms with Crippen LogP contribution in [-0.2, 0) is 19.1 Å². The van der Waals surface area contributed by atoms with Crippen molar-refractivity contribution in [3.63, 3.8) is 0 Å². The molecule has 2 fully saturated rings. The molecule has 4 rings (SSSR count). The number of ether oxygens (including phenoxy) is 1. The number of hydrogen-bond donors (Lipinski definition) is 2. The van der Waals surface area contributed by atoms with Gasteiger partial charge in [-0.25, -0.2) is 9.59 Å². The Morgan fingerprint density at radius 2 is 1.92 bits per heavy atom. The largest absolute Gasteiger partial charge is 0.393 e. The number of likely N-dealkylation sites (tertiary alicyclic amines) is 1. The number of carbonyl (C=O) groups is 4. The first-order chi connectivity index (χ1) is 17.0. The monoisotopic (exact) mass is 500 g/mol. The molecule has 0 aliphatic carbocycles. The zero-order valence-electron chi connectivity index (χ0n) is 20.2. The Morgan fingerprint density at radius 3 is 2.50 bits per heavy atom. The topological polar surface area (TPSA) is 159 Å². The van der Waals surface area contributed by atoms with Crippen LogP contribution >= 0.6 is 0 Å². The van der Waals surface area contributed by atoms with Crippen LogP contribution in [0.3, 0.4) is 0 Å². The molecule has 2 N–H and O–H groups in total. The minimum atomic E-state index is -0.996. The van der Waals surface area contributed by atoms with Crippen LogP contribution in [0.2, 0.25) is 0 Å². The maximum Gasteiger partial charge on any atom is 0.362 e. The zero-order valence-corrected chi connectivity index (χ0v) is 20.2. The highest BCUT2D eigenvalue weighted by Gasteiger charge is 2.60. The molecular weight excluding hydrogens is 472 g/mol. The molecule has 5 atom stereocenters. The molecule has 0 spiro atoms. The minimum Gasteiger partial charge on any atom is -0.393 e. The molecule has 1 aromatic rings. The van der Waals surface area contributed by atoms with E-state index in [0.717, 1.165) is 18.6 Å². The molecule has 1 unspecified atom stereocenters. The van der Waals surface area contributed by atoms with Crippen molar-refractivity contribution in [2.24, 2.45) is 11.8 Å². The van der Waals surface area contributed by atoms with Gasteiger partial charge < -0.3 is 20.1 Å². The second-order valence-corrected chi connectivity index (χ2v) is 9.53. The van der Waals surface area contributed by atoms with E-state index >= 15 is 0 Å². The molecule has 0 aromatic heterocycles. The van der Waals surface area contributed by atoms with Gasteiger partial charge in [0.2, 0.25) is 11.8 Å². The molecule has 2 amide bonds. The molecular formula is C24H28N4O8. The van der Waals surface area contributed by atoms with E-state index in [9.17, 15) is 34.4 Å². The van der Waals surface area contributed by atoms with Gasteiger partial charge in [0, 0.05) is 50.7 Å². The van der Waals surface area contributed by atoms with Crippen LogP contribution in [0.15, 0.2) is 35.5 Å². The second-order valence-electron chi connectivity index (χ2n) is 9.53. The number of nitro benzene ring substituents is 1. The fraction of sp³-hybridized carbons (Fsp3) is 0.500. The number of esters is 2. The summed E-state index contributed by atoms with van der Waals surface area (Å²) in [5, 5.41) is 23.9. The van der Waals surface area contributed by atoms with Crippen molar-refractivity contribution in [2.45, 2.75) is 45.4 Å². The maximum atomic E-state index is 13.2. The highest BCUT2D eigenvalue weighted by molar-refractivity contribution is 6.06. The Morgan fingerprint density at radius 1 is 1.25 bits per heavy atom. The van der Waals surface area contributed by atoms with Crippen LogP contribution < -0.4 is 5.32 Å². The van der Waals surface area contributed by atoms with Gasteiger partial charge in [-0.1, -0.05) is 6.92 Å². The summed E-state index contributed by atoms with van der Waals surface area (Å²) < 4.78 is 5.10. The van der Waals surface area contributed by atoms with E-state index in [-0.39, 0.29) is 34.8 Å². The molecule has 3 heterocycles. The van der Waals surface area contributed by atoms with Crippen molar-refractivity contribution in [2.75, 3.05) is 19.6 Å². The first-order valence-corrected chi connectivity index (χ1v) is 11.7. The minimum absolute atomic E-state index is 0.00682. The lowest BCUT2D eigenvalue weighted by Gasteiger charge is -2.46. The number of carbonyl (C=O) groups excluding carboxylic acids is 4. The highest BCUT2D eigenvalue weighted by Crippen LogP contribution is 2.47. The van der Waals surface area contributed by atoms with Crippen LogP contribution in [0.1, 0.15) is 37.6 Å². The van der Waals surface area contributed by atoms with Crippen molar-refractivity contribution in [1.82, 2.24) is 15.1 Å². The van der Waals surface area contributed by atoms with Gasteiger partial charge in [-0.2, -0.15) is 0 Å². The number of hydrogen-bond acceptors (Lipinski definition) is 9. The number of non-ortho nitro benzene ring substituents is 1. The van der Waals surface area contributed by atoms with Crippen molar-refractivity contribution >= 4 is 29.4 Å². The normalized spacial score (nSPS) is 26.3. The summed E-state index contributed by atoms with van der Waals surface area (Å²) in [4.78, 5) is 63.7. The number of aliphatic hydroxyl groups excluding tert-OH is 1. The molecule has 3 aliphatic rings. The van der Waals surface area contributed by atoms with E-state index in [4.69, 9.17) is 4.74 Å². The van der Waals surface area contributed by atoms with Crippen molar-refractivity contribution in [3.05, 3.63) is 51.2 Å². The van der Waals surface area contributed by atoms with Crippen LogP contribution in [0.5, 0.6) is 0 Å². The van der Waals surface area contributed by atoms with Gasteiger partial charge in [-0.05, 0) is 31.1 Å². The van der Waals surface area contributed by atoms with Gasteiger partial charge in [0.05, 0.1) is 28.6 Å². The summed E-state index contributed by atoms with van der Waals surface area (Å²) in [5.74, 6) is -3.46. The fourth-order valence-electron chi connectivity index (χ4n) is 5.38. The molecule has 0 saturated carbocycles. The number of amides is 2. The van der Waals surface area contributed by atoms with Gasteiger partial charge in [0.25, 0.3) is 5.69 Å². The Labute approximate surface area is 207 Å². The fourth-order valence-corrected chi connectivity index (χ4v) is 5.38. The first kappa shape index (κ1) is 25.5. The smallest absolute Gasteiger partial charge is 0.362 e. The molecule has 0 bridgehead atoms. The predicted molar refractivity (Wildman–Crippen MR) is 124 cm³/mol. The van der Waals surface area contributed by atoms with Crippen LogP contribution in [0.4, 0.5) is 5.69 Å². The summed E-state index contributed by atoms with van der Waals surface area (Å²) in [7, 11) is 0. The summed E-state index contributed by atoms with van der Waals surface area (Å²) in [6.45, 7) is 6.42. The zero-order chi connectivity index (χ0) is 26.3. The summed E-state index contributed by atoms with van der Waals surface area (Å²) in [6, 6.07) is 4.18. The standard InChI is InChI=1S/C24H28N4O8/c1-12-18(11-26-9-8-16(10-26)25-14(3)30)21(27-20(12)19(13(2)29)22(27)31)24(33)36-23(32)15-4-6-17(7-5-15)28(34)35/h4-7,12-13,16,19-20,29H,8-11H2,1-3H3,(H,25,30)/t12-,13+,16-,19?,20+/m0/s1. The van der Waals surface area contributed by atoms with Crippen molar-refractivity contribution in [3.8, 4) is 0 Å². The van der Waals surface area contributed by atoms with Gasteiger partial charge in [-0.3, -0.25) is 24.6 Å². The Hall–Kier alpha value is -3.64. The van der Waals surface area contributed by atoms with Crippen LogP contribution in [-0.4, -0.2) is 81.4 Å². The maximum absolute atomic E-state index is 13.2. The molecule has 192 valence electrons. The Kier molecular flexibility index (Phi) is 6.92. The SMILES string of the molecule is CC(=O)N[C@H]1CCN(CC2=C(C(=O)OC(=O)c3ccc([N+](=O)[O-])cc3)N3C(=O)C([C@@H](C)O)[C@H]3[C@H]2C)C1. The molecule has 2 saturated heterocycles. The highest BCUT2D eigenvalue weighted by atomic mass is 16.6. The summed E-state index contributed by atoms with van der Waals surface area (Å²) >= 11 is 0. The van der Waals surface area contributed by atoms with Gasteiger partial charge in [-0.15, -0.1) is 0 Å². The van der Waals surface area contributed by atoms with Gasteiger partial charge >= 0.3 is 11.9 Å². The van der Waals surface area contributed by atoms with Crippen molar-refractivity contribution in [1.29, 1.82) is 0 Å². The van der Waals surface area contributed by atoms with E-state index in [2.05, 4.69) is 10.2 Å². The number of rotatable bonds is 7. The molecule has 12 heteroatoms. The van der Waals surface area contributed by atoms with E-state index < -0.39 is 40.8 Å². The van der Waals surface area contributed by atoms with E-state index in [1.54, 1.807) is 0 Å². The first-order valence-electron chi connectivity index (χ1n) is 11.7. The summed E-state index contributed by atoms with van der Waals surface area (Å²) in [6.07, 6.45) is -0.169. The number of β-lactam (4-membered cyclic amide) rings is 1. The number of benzene rings is 1. The molecule has 3 aliphatic heterocycles. The molecule has 0 radical (unpaired) electrons. The summed E-state index contributed by atoms with van der Waals surface area (Å²) in [5.41, 5.74) is 0.358. The Balaban J connectivity index is 1.57. The number of fused-ring (bicyclic) bond motifs is 1. The second kappa shape index (κ2) is 9.78. The van der Waals surface area contributed by atoms with Crippen LogP contribution in [0.25, 0.3) is 0 Å². The van der Waals surface area contributed by atoms with Crippen molar-refractivity contribution < 1.29 is 33.9 Å². The van der Waals surface area contributed by atoms with Gasteiger partial charge in [0.15, 0.2) is 0 Å². The van der Waals surface area contributed by atoms with E-state index in [1.807, 2.05) is 6.92 Å². The van der Waals surface area contributed by atoms with Crippen LogP contribution in [0, 0.1) is 22.0 Å². The third-order valence-corrected chi connectivity index (χ3v) is 7.08. The quantitative estimate of drug-likeness (QED) is 0.180. The number of nitro groups is 1. The third-order valence-electron chi connectivity index (χ3n) is 7.08. The predicted octanol–water partition coefficient (Wildman–Crippen LogP) is 0.600. The number of aliphatic hydroxyl groups is 1. The van der Waals surface area contributed by atoms with E-state index in [1.165, 1.54) is 30.9 Å². The molecule has 1 aromatic carbocycles. The number of nitrogens with zero attached hydrogens (tertiary/aromatic N) is 3. The average molecular weight is 501 g/mol. The molecule has 36 heavy (non-hydrogen) atoms. The lowest BCUT2D eigenvalue weighted by molar-refractivity contribution is -0.384. The number of nitrogens with one attached hydrogen (secondary N) is 1. The Bertz CT molecular complexity index is 1150. The third kappa shape index (κ3) is 4.61. The van der Waals surface area contributed by atoms with E-state index in [0.29, 0.717) is 25.2 Å². The van der Waals surface area contributed by atoms with Gasteiger partial charge in [0.1, 0.15) is 5.70 Å². The lowest BCUT2D eigenvalue weighted by atomic mass is 9.77. The lowest BCUT2D eigenvalue weighted by Crippen LogP contribution is -2.63. The average Bonchev–Trinajstić information content (AvgIpc) is 3.33.